The molecule has 1 aliphatic rings. The molecule has 1 atom stereocenters. The molecule has 0 saturated carbocycles. The average molecular weight is 348 g/mol. The Kier molecular flexibility index (Phi) is 5.23. The second-order valence-electron chi connectivity index (χ2n) is 6.17. The van der Waals surface area contributed by atoms with Gasteiger partial charge in [0.15, 0.2) is 0 Å². The number of nitrogens with one attached hydrogen (secondary N) is 1. The lowest BCUT2D eigenvalue weighted by Crippen LogP contribution is -2.23. The van der Waals surface area contributed by atoms with E-state index in [1.807, 2.05) is 55.5 Å². The van der Waals surface area contributed by atoms with Crippen molar-refractivity contribution in [3.05, 3.63) is 64.7 Å². The van der Waals surface area contributed by atoms with Crippen LogP contribution in [0.25, 0.3) is 6.08 Å². The van der Waals surface area contributed by atoms with Crippen molar-refractivity contribution in [3.8, 4) is 17.6 Å². The number of nitriles is 1. The third-order valence-electron chi connectivity index (χ3n) is 4.21. The Balaban J connectivity index is 1.81. The summed E-state index contributed by atoms with van der Waals surface area (Å²) >= 11 is 0. The first kappa shape index (κ1) is 17.6. The molecule has 1 N–H and O–H groups in total. The summed E-state index contributed by atoms with van der Waals surface area (Å²) in [6.45, 7) is 2.36. The molecule has 0 aromatic heterocycles. The number of carbonyl (C=O) groups is 1. The second kappa shape index (κ2) is 7.75. The zero-order chi connectivity index (χ0) is 18.5. The number of amides is 1. The molecule has 3 rings (SSSR count). The van der Waals surface area contributed by atoms with E-state index in [1.165, 1.54) is 6.08 Å². The van der Waals surface area contributed by atoms with Gasteiger partial charge in [0.05, 0.1) is 7.11 Å². The first-order chi connectivity index (χ1) is 12.6. The van der Waals surface area contributed by atoms with Crippen molar-refractivity contribution in [2.75, 3.05) is 7.11 Å². The summed E-state index contributed by atoms with van der Waals surface area (Å²) in [6.07, 6.45) is 2.46. The van der Waals surface area contributed by atoms with Crippen molar-refractivity contribution in [2.24, 2.45) is 0 Å². The summed E-state index contributed by atoms with van der Waals surface area (Å²) in [5, 5.41) is 12.2. The fourth-order valence-electron chi connectivity index (χ4n) is 2.92. The maximum atomic E-state index is 12.4. The molecule has 2 aromatic carbocycles. The molecule has 5 nitrogen and oxygen atoms in total. The van der Waals surface area contributed by atoms with Crippen LogP contribution in [0, 0.1) is 11.3 Å². The lowest BCUT2D eigenvalue weighted by atomic mass is 10.0. The molecule has 1 amide bonds. The van der Waals surface area contributed by atoms with Gasteiger partial charge in [-0.3, -0.25) is 4.79 Å². The van der Waals surface area contributed by atoms with Crippen molar-refractivity contribution in [3.63, 3.8) is 0 Å². The highest BCUT2D eigenvalue weighted by atomic mass is 16.5. The van der Waals surface area contributed by atoms with Gasteiger partial charge in [-0.1, -0.05) is 30.3 Å². The van der Waals surface area contributed by atoms with Crippen molar-refractivity contribution < 1.29 is 14.3 Å². The Morgan fingerprint density at radius 2 is 2.15 bits per heavy atom. The predicted octanol–water partition coefficient (Wildman–Crippen LogP) is 3.24. The average Bonchev–Trinajstić information content (AvgIpc) is 3.03. The number of ether oxygens (including phenoxy) is 2. The molecule has 0 aliphatic carbocycles. The molecule has 0 fully saturated rings. The van der Waals surface area contributed by atoms with Gasteiger partial charge in [0.1, 0.15) is 29.2 Å². The minimum absolute atomic E-state index is 0.0187. The van der Waals surface area contributed by atoms with Crippen LogP contribution in [0.4, 0.5) is 0 Å². The molecular weight excluding hydrogens is 328 g/mol. The molecule has 1 aliphatic heterocycles. The van der Waals surface area contributed by atoms with Gasteiger partial charge < -0.3 is 14.8 Å². The Morgan fingerprint density at radius 1 is 1.38 bits per heavy atom. The van der Waals surface area contributed by atoms with E-state index in [0.717, 1.165) is 23.3 Å². The topological polar surface area (TPSA) is 71.3 Å². The standard InChI is InChI=1S/C21H20N2O3/c1-14-8-16-10-19(25-2)17(11-20(16)26-14)9-18(12-22)21(24)23-13-15-6-4-3-5-7-15/h3-7,9-11,14H,8,13H2,1-2H3,(H,23,24)/b18-9+. The van der Waals surface area contributed by atoms with Crippen molar-refractivity contribution in [1.82, 2.24) is 5.32 Å². The Hall–Kier alpha value is -3.26. The quantitative estimate of drug-likeness (QED) is 0.665. The SMILES string of the molecule is COc1cc2c(cc1/C=C(\C#N)C(=O)NCc1ccccc1)OC(C)C2. The van der Waals surface area contributed by atoms with Crippen LogP contribution in [0.5, 0.6) is 11.5 Å². The van der Waals surface area contributed by atoms with Crippen molar-refractivity contribution in [2.45, 2.75) is 26.0 Å². The van der Waals surface area contributed by atoms with Crippen LogP contribution < -0.4 is 14.8 Å². The molecule has 0 radical (unpaired) electrons. The van der Waals surface area contributed by atoms with Crippen LogP contribution in [0.1, 0.15) is 23.6 Å². The fourth-order valence-corrected chi connectivity index (χ4v) is 2.92. The Morgan fingerprint density at radius 3 is 2.85 bits per heavy atom. The van der Waals surface area contributed by atoms with Crippen molar-refractivity contribution in [1.29, 1.82) is 5.26 Å². The minimum Gasteiger partial charge on any atom is -0.496 e. The van der Waals surface area contributed by atoms with Gasteiger partial charge >= 0.3 is 0 Å². The summed E-state index contributed by atoms with van der Waals surface area (Å²) in [5.74, 6) is 0.963. The zero-order valence-electron chi connectivity index (χ0n) is 14.8. The third kappa shape index (κ3) is 3.86. The number of carbonyl (C=O) groups excluding carboxylic acids is 1. The fraction of sp³-hybridized carbons (Fsp3) is 0.238. The molecule has 0 bridgehead atoms. The van der Waals surface area contributed by atoms with Gasteiger partial charge in [0.2, 0.25) is 0 Å². The van der Waals surface area contributed by atoms with E-state index < -0.39 is 5.91 Å². The maximum Gasteiger partial charge on any atom is 0.262 e. The number of nitrogens with zero attached hydrogens (tertiary/aromatic N) is 1. The highest BCUT2D eigenvalue weighted by Gasteiger charge is 2.22. The van der Waals surface area contributed by atoms with E-state index in [1.54, 1.807) is 7.11 Å². The van der Waals surface area contributed by atoms with Gasteiger partial charge in [0.25, 0.3) is 5.91 Å². The number of hydrogen-bond donors (Lipinski definition) is 1. The number of hydrogen-bond acceptors (Lipinski definition) is 4. The van der Waals surface area contributed by atoms with Gasteiger partial charge in [-0.05, 0) is 30.7 Å². The van der Waals surface area contributed by atoms with E-state index in [-0.39, 0.29) is 11.7 Å². The summed E-state index contributed by atoms with van der Waals surface area (Å²) in [6, 6.07) is 15.2. The predicted molar refractivity (Wildman–Crippen MR) is 98.7 cm³/mol. The molecule has 26 heavy (non-hydrogen) atoms. The first-order valence-corrected chi connectivity index (χ1v) is 8.42. The molecule has 2 aromatic rings. The summed E-state index contributed by atoms with van der Waals surface area (Å²) in [5.41, 5.74) is 2.70. The Bertz CT molecular complexity index is 882. The molecule has 132 valence electrons. The smallest absolute Gasteiger partial charge is 0.262 e. The number of benzene rings is 2. The number of methoxy groups -OCH3 is 1. The molecule has 0 spiro atoms. The maximum absolute atomic E-state index is 12.4. The third-order valence-corrected chi connectivity index (χ3v) is 4.21. The van der Waals surface area contributed by atoms with Gasteiger partial charge in [-0.25, -0.2) is 0 Å². The van der Waals surface area contributed by atoms with Gasteiger partial charge in [0, 0.05) is 24.1 Å². The van der Waals surface area contributed by atoms with E-state index in [2.05, 4.69) is 5.32 Å². The number of rotatable bonds is 5. The van der Waals surface area contributed by atoms with E-state index in [9.17, 15) is 10.1 Å². The normalized spacial score (nSPS) is 15.6. The highest BCUT2D eigenvalue weighted by molar-refractivity contribution is 6.02. The lowest BCUT2D eigenvalue weighted by molar-refractivity contribution is -0.117. The molecule has 1 heterocycles. The molecule has 0 saturated heterocycles. The van der Waals surface area contributed by atoms with Crippen LogP contribution in [0.3, 0.4) is 0 Å². The minimum atomic E-state index is -0.423. The van der Waals surface area contributed by atoms with Crippen LogP contribution in [-0.4, -0.2) is 19.1 Å². The molecular formula is C21H20N2O3. The molecule has 5 heteroatoms. The monoisotopic (exact) mass is 348 g/mol. The highest BCUT2D eigenvalue weighted by Crippen LogP contribution is 2.35. The van der Waals surface area contributed by atoms with Crippen LogP contribution >= 0.6 is 0 Å². The second-order valence-corrected chi connectivity index (χ2v) is 6.17. The lowest BCUT2D eigenvalue weighted by Gasteiger charge is -2.09. The Labute approximate surface area is 152 Å². The van der Waals surface area contributed by atoms with Crippen LogP contribution in [0.2, 0.25) is 0 Å². The van der Waals surface area contributed by atoms with E-state index >= 15 is 0 Å². The first-order valence-electron chi connectivity index (χ1n) is 8.42. The van der Waals surface area contributed by atoms with Gasteiger partial charge in [-0.2, -0.15) is 5.26 Å². The van der Waals surface area contributed by atoms with Crippen LogP contribution in [0.15, 0.2) is 48.0 Å². The summed E-state index contributed by atoms with van der Waals surface area (Å²) in [4.78, 5) is 12.4. The van der Waals surface area contributed by atoms with E-state index in [4.69, 9.17) is 9.47 Å². The largest absolute Gasteiger partial charge is 0.496 e. The summed E-state index contributed by atoms with van der Waals surface area (Å²) in [7, 11) is 1.57. The van der Waals surface area contributed by atoms with Crippen molar-refractivity contribution >= 4 is 12.0 Å². The summed E-state index contributed by atoms with van der Waals surface area (Å²) < 4.78 is 11.2. The van der Waals surface area contributed by atoms with Crippen LogP contribution in [-0.2, 0) is 17.8 Å². The molecule has 1 unspecified atom stereocenters. The van der Waals surface area contributed by atoms with Gasteiger partial charge in [-0.15, -0.1) is 0 Å². The van der Waals surface area contributed by atoms with E-state index in [0.29, 0.717) is 17.9 Å². The zero-order valence-corrected chi connectivity index (χ0v) is 14.8. The number of fused-ring (bicyclic) bond motifs is 1.